The van der Waals surface area contributed by atoms with E-state index in [2.05, 4.69) is 0 Å². The monoisotopic (exact) mass is 368 g/mol. The molecule has 8 heteroatoms. The molecule has 2 aromatic rings. The van der Waals surface area contributed by atoms with E-state index in [9.17, 15) is 12.8 Å². The number of hydrogen-bond donors (Lipinski definition) is 1. The molecule has 0 aliphatic rings. The van der Waals surface area contributed by atoms with Crippen LogP contribution in [-0.4, -0.2) is 46.7 Å². The fourth-order valence-corrected chi connectivity index (χ4v) is 2.52. The second-order valence-electron chi connectivity index (χ2n) is 5.47. The van der Waals surface area contributed by atoms with Crippen LogP contribution in [0.5, 0.6) is 11.5 Å². The highest BCUT2D eigenvalue weighted by molar-refractivity contribution is 7.89. The van der Waals surface area contributed by atoms with Crippen LogP contribution < -0.4 is 14.6 Å². The highest BCUT2D eigenvalue weighted by Crippen LogP contribution is 2.14. The van der Waals surface area contributed by atoms with Crippen molar-refractivity contribution in [3.63, 3.8) is 0 Å². The summed E-state index contributed by atoms with van der Waals surface area (Å²) in [6.07, 6.45) is 0. The highest BCUT2D eigenvalue weighted by atomic mass is 32.2. The van der Waals surface area contributed by atoms with Crippen molar-refractivity contribution in [3.05, 3.63) is 54.3 Å². The summed E-state index contributed by atoms with van der Waals surface area (Å²) in [5.41, 5.74) is 0. The number of nitrogens with two attached hydrogens (primary N) is 1. The first-order valence-electron chi connectivity index (χ1n) is 7.67. The van der Waals surface area contributed by atoms with Gasteiger partial charge in [0.1, 0.15) is 30.5 Å². The van der Waals surface area contributed by atoms with E-state index in [4.69, 9.17) is 14.6 Å². The Morgan fingerprint density at radius 2 is 1.36 bits per heavy atom. The van der Waals surface area contributed by atoms with Crippen molar-refractivity contribution in [1.82, 2.24) is 4.90 Å². The average Bonchev–Trinajstić information content (AvgIpc) is 2.56. The third kappa shape index (κ3) is 6.69. The van der Waals surface area contributed by atoms with Gasteiger partial charge in [-0.2, -0.15) is 0 Å². The summed E-state index contributed by atoms with van der Waals surface area (Å²) in [5, 5.41) is 5.04. The fraction of sp³-hybridized carbons (Fsp3) is 0.294. The molecule has 0 aliphatic carbocycles. The number of ether oxygens (including phenoxy) is 2. The maximum atomic E-state index is 12.8. The van der Waals surface area contributed by atoms with Crippen molar-refractivity contribution in [2.75, 3.05) is 33.4 Å². The van der Waals surface area contributed by atoms with Crippen LogP contribution in [0, 0.1) is 5.82 Å². The maximum absolute atomic E-state index is 12.8. The number of halogens is 1. The lowest BCUT2D eigenvalue weighted by Gasteiger charge is -2.17. The minimum absolute atomic E-state index is 0.0508. The largest absolute Gasteiger partial charge is 0.492 e. The molecule has 0 radical (unpaired) electrons. The van der Waals surface area contributed by atoms with Gasteiger partial charge in [0.05, 0.1) is 4.90 Å². The van der Waals surface area contributed by atoms with Crippen LogP contribution in [0.1, 0.15) is 0 Å². The number of nitrogens with zero attached hydrogens (tertiary/aromatic N) is 1. The van der Waals surface area contributed by atoms with Gasteiger partial charge >= 0.3 is 0 Å². The number of benzene rings is 2. The Balaban J connectivity index is 1.66. The van der Waals surface area contributed by atoms with Crippen LogP contribution in [0.4, 0.5) is 4.39 Å². The summed E-state index contributed by atoms with van der Waals surface area (Å²) in [5.74, 6) is 0.906. The molecule has 136 valence electrons. The lowest BCUT2D eigenvalue weighted by Crippen LogP contribution is -2.28. The second-order valence-corrected chi connectivity index (χ2v) is 7.03. The summed E-state index contributed by atoms with van der Waals surface area (Å²) < 4.78 is 46.2. The fourth-order valence-electron chi connectivity index (χ4n) is 2.01. The first-order chi connectivity index (χ1) is 11.8. The van der Waals surface area contributed by atoms with Gasteiger partial charge in [-0.25, -0.2) is 17.9 Å². The molecular weight excluding hydrogens is 347 g/mol. The number of likely N-dealkylation sites (N-methyl/N-ethyl adjacent to an activating group) is 1. The number of hydrogen-bond acceptors (Lipinski definition) is 5. The van der Waals surface area contributed by atoms with Crippen molar-refractivity contribution < 1.29 is 22.3 Å². The minimum Gasteiger partial charge on any atom is -0.492 e. The van der Waals surface area contributed by atoms with E-state index in [-0.39, 0.29) is 10.7 Å². The van der Waals surface area contributed by atoms with Gasteiger partial charge in [-0.1, -0.05) is 0 Å². The molecule has 0 aliphatic heterocycles. The second kappa shape index (κ2) is 8.80. The van der Waals surface area contributed by atoms with Crippen LogP contribution in [0.15, 0.2) is 53.4 Å². The molecule has 2 rings (SSSR count). The lowest BCUT2D eigenvalue weighted by atomic mass is 10.3. The molecule has 6 nitrogen and oxygen atoms in total. The average molecular weight is 368 g/mol. The van der Waals surface area contributed by atoms with E-state index in [1.807, 2.05) is 11.9 Å². The van der Waals surface area contributed by atoms with Gasteiger partial charge in [0, 0.05) is 13.1 Å². The van der Waals surface area contributed by atoms with Gasteiger partial charge in [-0.15, -0.1) is 0 Å². The molecule has 0 bridgehead atoms. The van der Waals surface area contributed by atoms with Crippen LogP contribution in [0.2, 0.25) is 0 Å². The zero-order valence-corrected chi connectivity index (χ0v) is 14.7. The topological polar surface area (TPSA) is 81.9 Å². The van der Waals surface area contributed by atoms with E-state index in [1.54, 1.807) is 24.3 Å². The molecule has 0 saturated carbocycles. The van der Waals surface area contributed by atoms with Crippen molar-refractivity contribution in [2.24, 2.45) is 5.14 Å². The molecule has 0 amide bonds. The predicted molar refractivity (Wildman–Crippen MR) is 92.7 cm³/mol. The Hall–Kier alpha value is -2.16. The zero-order chi connectivity index (χ0) is 18.3. The molecule has 0 aromatic heterocycles. The zero-order valence-electron chi connectivity index (χ0n) is 13.9. The first kappa shape index (κ1) is 19.2. The Labute approximate surface area is 147 Å². The summed E-state index contributed by atoms with van der Waals surface area (Å²) in [7, 11) is -1.76. The Kier molecular flexibility index (Phi) is 6.74. The van der Waals surface area contributed by atoms with Crippen LogP contribution >= 0.6 is 0 Å². The first-order valence-corrected chi connectivity index (χ1v) is 9.22. The van der Waals surface area contributed by atoms with Gasteiger partial charge in [-0.05, 0) is 55.6 Å². The minimum atomic E-state index is -3.69. The quantitative estimate of drug-likeness (QED) is 0.731. The van der Waals surface area contributed by atoms with Crippen molar-refractivity contribution >= 4 is 10.0 Å². The SMILES string of the molecule is CN(CCOc1ccc(F)cc1)CCOc1ccc(S(N)(=O)=O)cc1. The van der Waals surface area contributed by atoms with Crippen molar-refractivity contribution in [2.45, 2.75) is 4.90 Å². The van der Waals surface area contributed by atoms with E-state index in [0.29, 0.717) is 37.8 Å². The molecular formula is C17H21FN2O4S. The standard InChI is InChI=1S/C17H21FN2O4S/c1-20(10-12-23-15-4-2-14(18)3-5-15)11-13-24-16-6-8-17(9-7-16)25(19,21)22/h2-9H,10-13H2,1H3,(H2,19,21,22). The predicted octanol–water partition coefficient (Wildman–Crippen LogP) is 1.86. The molecule has 25 heavy (non-hydrogen) atoms. The normalized spacial score (nSPS) is 11.5. The van der Waals surface area contributed by atoms with Crippen LogP contribution in [-0.2, 0) is 10.0 Å². The van der Waals surface area contributed by atoms with E-state index in [0.717, 1.165) is 0 Å². The van der Waals surface area contributed by atoms with Gasteiger partial charge in [0.15, 0.2) is 0 Å². The van der Waals surface area contributed by atoms with Crippen molar-refractivity contribution in [3.8, 4) is 11.5 Å². The summed E-state index contributed by atoms with van der Waals surface area (Å²) >= 11 is 0. The summed E-state index contributed by atoms with van der Waals surface area (Å²) in [6, 6.07) is 11.8. The Morgan fingerprint density at radius 3 is 1.80 bits per heavy atom. The lowest BCUT2D eigenvalue weighted by molar-refractivity contribution is 0.202. The molecule has 0 fully saturated rings. The van der Waals surface area contributed by atoms with Crippen molar-refractivity contribution in [1.29, 1.82) is 0 Å². The molecule has 2 N–H and O–H groups in total. The number of primary sulfonamides is 1. The molecule has 0 saturated heterocycles. The summed E-state index contributed by atoms with van der Waals surface area (Å²) in [6.45, 7) is 2.28. The van der Waals surface area contributed by atoms with E-state index in [1.165, 1.54) is 24.3 Å². The molecule has 0 heterocycles. The van der Waals surface area contributed by atoms with E-state index < -0.39 is 10.0 Å². The number of rotatable bonds is 9. The van der Waals surface area contributed by atoms with Gasteiger partial charge in [0.2, 0.25) is 10.0 Å². The highest BCUT2D eigenvalue weighted by Gasteiger charge is 2.07. The molecule has 0 spiro atoms. The number of sulfonamides is 1. The smallest absolute Gasteiger partial charge is 0.238 e. The van der Waals surface area contributed by atoms with Crippen LogP contribution in [0.25, 0.3) is 0 Å². The van der Waals surface area contributed by atoms with Crippen LogP contribution in [0.3, 0.4) is 0 Å². The molecule has 0 unspecified atom stereocenters. The molecule has 0 atom stereocenters. The molecule has 2 aromatic carbocycles. The van der Waals surface area contributed by atoms with Gasteiger partial charge < -0.3 is 9.47 Å². The Morgan fingerprint density at radius 1 is 0.920 bits per heavy atom. The van der Waals surface area contributed by atoms with Gasteiger partial charge in [-0.3, -0.25) is 4.90 Å². The third-order valence-electron chi connectivity index (χ3n) is 3.45. The Bertz CT molecular complexity index is 764. The third-order valence-corrected chi connectivity index (χ3v) is 4.38. The van der Waals surface area contributed by atoms with E-state index >= 15 is 0 Å². The maximum Gasteiger partial charge on any atom is 0.238 e. The van der Waals surface area contributed by atoms with Gasteiger partial charge in [0.25, 0.3) is 0 Å². The summed E-state index contributed by atoms with van der Waals surface area (Å²) in [4.78, 5) is 2.08.